The first kappa shape index (κ1) is 55.6. The molecule has 0 spiro atoms. The first-order valence-electron chi connectivity index (χ1n) is 25.4. The summed E-state index contributed by atoms with van der Waals surface area (Å²) in [5, 5.41) is 28.9. The average molecular weight is 1080 g/mol. The topological polar surface area (TPSA) is 209 Å². The minimum absolute atomic E-state index is 0.00862. The van der Waals surface area contributed by atoms with E-state index < -0.39 is 41.2 Å². The highest BCUT2D eigenvalue weighted by Gasteiger charge is 2.45. The highest BCUT2D eigenvalue weighted by atomic mass is 35.5. The lowest BCUT2D eigenvalue weighted by Gasteiger charge is -2.35. The van der Waals surface area contributed by atoms with Gasteiger partial charge < -0.3 is 49.8 Å². The Hall–Kier alpha value is -6.61. The summed E-state index contributed by atoms with van der Waals surface area (Å²) in [6.07, 6.45) is 4.30. The van der Waals surface area contributed by atoms with Crippen molar-refractivity contribution in [2.75, 3.05) is 77.3 Å². The second kappa shape index (κ2) is 25.0. The Morgan fingerprint density at radius 1 is 0.908 bits per heavy atom. The van der Waals surface area contributed by atoms with E-state index in [9.17, 15) is 29.4 Å². The highest BCUT2D eigenvalue weighted by Crippen LogP contribution is 2.42. The van der Waals surface area contributed by atoms with Gasteiger partial charge in [-0.25, -0.2) is 19.3 Å². The Labute approximate surface area is 450 Å². The first-order chi connectivity index (χ1) is 36.5. The van der Waals surface area contributed by atoms with Crippen molar-refractivity contribution in [2.45, 2.75) is 71.7 Å². The number of carbonyl (C=O) groups is 4. The standard InChI is InChI=1S/C56H64ClFN8O9S/c1-34(36-13-15-37(16-14-36)51-35(2)61-33-76-51)62-54(71)45-28-40(68)30-66(45)55(72)52(56(3,4)5)63-46(69)31-75-25-24-74-23-22-73-21-9-8-12-47(70)64-17-19-65(20-18-64)53-43-29-44(57)48(49(58)50(43)59-32-60-53)42-27-39(67)26-38-10-6-7-11-41(38)42/h6-8,10-16,26-27,29,32-34,40,45,52,67-68H,9,17-25,28,30-31H2,1-5H3,(H,62,71)(H,63,69)/b12-8+/t34-,40+,45-,52+/m0/s1. The van der Waals surface area contributed by atoms with Gasteiger partial charge in [-0.15, -0.1) is 11.3 Å². The van der Waals surface area contributed by atoms with Gasteiger partial charge in [0, 0.05) is 50.1 Å². The number of aryl methyl sites for hydroxylation is 1. The number of thiazole rings is 1. The van der Waals surface area contributed by atoms with Gasteiger partial charge in [-0.3, -0.25) is 19.2 Å². The molecule has 0 bridgehead atoms. The van der Waals surface area contributed by atoms with E-state index in [4.69, 9.17) is 25.8 Å². The van der Waals surface area contributed by atoms with E-state index in [0.29, 0.717) is 62.6 Å². The second-order valence-electron chi connectivity index (χ2n) is 20.0. The Morgan fingerprint density at radius 3 is 2.33 bits per heavy atom. The molecule has 2 aliphatic rings. The number of fused-ring (bicyclic) bond motifs is 2. The molecule has 4 heterocycles. The van der Waals surface area contributed by atoms with Crippen molar-refractivity contribution in [3.63, 3.8) is 0 Å². The van der Waals surface area contributed by atoms with Crippen LogP contribution < -0.4 is 15.5 Å². The SMILES string of the molecule is Cc1ncsc1-c1ccc([C@H](C)NC(=O)[C@@H]2C[C@@H](O)CN2C(=O)[C@@H](NC(=O)COCCOCCOCC/C=C/C(=O)N2CCN(c3ncnc4c(F)c(-c5cc(O)cc6ccccc56)c(Cl)cc34)CC2)C(C)(C)C)cc1. The summed E-state index contributed by atoms with van der Waals surface area (Å²) in [6, 6.07) is 17.7. The molecule has 4 amide bonds. The largest absolute Gasteiger partial charge is 0.508 e. The Kier molecular flexibility index (Phi) is 18.3. The normalized spacial score (nSPS) is 16.9. The van der Waals surface area contributed by atoms with Crippen LogP contribution in [-0.4, -0.2) is 149 Å². The van der Waals surface area contributed by atoms with Gasteiger partial charge in [0.1, 0.15) is 42.1 Å². The van der Waals surface area contributed by atoms with E-state index in [1.807, 2.05) is 93.6 Å². The Balaban J connectivity index is 0.705. The number of hydrogen-bond acceptors (Lipinski definition) is 14. The van der Waals surface area contributed by atoms with Crippen LogP contribution in [0.4, 0.5) is 10.2 Å². The highest BCUT2D eigenvalue weighted by molar-refractivity contribution is 7.13. The third-order valence-electron chi connectivity index (χ3n) is 13.5. The number of nitrogens with zero attached hydrogens (tertiary/aromatic N) is 6. The second-order valence-corrected chi connectivity index (χ2v) is 21.3. The number of aromatic nitrogens is 3. The number of ether oxygens (including phenoxy) is 3. The molecular formula is C56H64ClFN8O9S. The van der Waals surface area contributed by atoms with Gasteiger partial charge in [0.15, 0.2) is 5.82 Å². The number of rotatable bonds is 20. The molecule has 0 unspecified atom stereocenters. The molecule has 2 fully saturated rings. The van der Waals surface area contributed by atoms with Gasteiger partial charge >= 0.3 is 0 Å². The maximum atomic E-state index is 16.3. The molecule has 76 heavy (non-hydrogen) atoms. The molecule has 0 radical (unpaired) electrons. The number of halogens is 2. The van der Waals surface area contributed by atoms with Gasteiger partial charge in [0.25, 0.3) is 0 Å². The Morgan fingerprint density at radius 2 is 1.62 bits per heavy atom. The van der Waals surface area contributed by atoms with Crippen molar-refractivity contribution >= 4 is 74.1 Å². The molecule has 4 N–H and O–H groups in total. The van der Waals surface area contributed by atoms with Crippen LogP contribution in [0.25, 0.3) is 43.2 Å². The van der Waals surface area contributed by atoms with Crippen LogP contribution in [0.2, 0.25) is 5.02 Å². The van der Waals surface area contributed by atoms with Crippen LogP contribution >= 0.6 is 22.9 Å². The molecule has 2 aliphatic heterocycles. The van der Waals surface area contributed by atoms with E-state index >= 15 is 4.39 Å². The van der Waals surface area contributed by atoms with Crippen molar-refractivity contribution in [3.05, 3.63) is 113 Å². The number of piperazine rings is 1. The van der Waals surface area contributed by atoms with Crippen LogP contribution in [0.1, 0.15) is 57.8 Å². The molecule has 4 aromatic carbocycles. The van der Waals surface area contributed by atoms with Crippen molar-refractivity contribution < 1.29 is 48.0 Å². The number of anilines is 1. The quantitative estimate of drug-likeness (QED) is 0.0435. The molecule has 17 nitrogen and oxygen atoms in total. The van der Waals surface area contributed by atoms with Crippen molar-refractivity contribution in [3.8, 4) is 27.3 Å². The van der Waals surface area contributed by atoms with Gasteiger partial charge in [0.05, 0.1) is 66.3 Å². The van der Waals surface area contributed by atoms with E-state index in [2.05, 4.69) is 25.6 Å². The zero-order valence-electron chi connectivity index (χ0n) is 43.3. The van der Waals surface area contributed by atoms with Crippen LogP contribution in [-0.2, 0) is 33.4 Å². The molecule has 6 aromatic rings. The van der Waals surface area contributed by atoms with Crippen LogP contribution in [0.5, 0.6) is 5.75 Å². The third-order valence-corrected chi connectivity index (χ3v) is 14.8. The number of hydrogen-bond donors (Lipinski definition) is 4. The lowest BCUT2D eigenvalue weighted by atomic mass is 9.85. The summed E-state index contributed by atoms with van der Waals surface area (Å²) in [5.41, 5.74) is 4.66. The van der Waals surface area contributed by atoms with E-state index in [1.54, 1.807) is 34.4 Å². The molecule has 20 heteroatoms. The monoisotopic (exact) mass is 1080 g/mol. The number of phenolic OH excluding ortho intramolecular Hbond substituents is 1. The number of β-amino-alcohol motifs (C(OH)–C–C–N with tert-alkyl or cyclic N) is 1. The number of amides is 4. The van der Waals surface area contributed by atoms with Gasteiger partial charge in [-0.2, -0.15) is 0 Å². The minimum Gasteiger partial charge on any atom is -0.508 e. The molecule has 2 saturated heterocycles. The smallest absolute Gasteiger partial charge is 0.246 e. The summed E-state index contributed by atoms with van der Waals surface area (Å²) >= 11 is 8.34. The molecular weight excluding hydrogens is 1020 g/mol. The predicted molar refractivity (Wildman–Crippen MR) is 290 cm³/mol. The average Bonchev–Trinajstić information content (AvgIpc) is 4.03. The summed E-state index contributed by atoms with van der Waals surface area (Å²) in [7, 11) is 0. The molecule has 8 rings (SSSR count). The number of benzene rings is 4. The van der Waals surface area contributed by atoms with Gasteiger partial charge in [-0.1, -0.05) is 87.0 Å². The van der Waals surface area contributed by atoms with Crippen molar-refractivity contribution in [2.24, 2.45) is 5.41 Å². The predicted octanol–water partition coefficient (Wildman–Crippen LogP) is 7.39. The number of phenols is 1. The van der Waals surface area contributed by atoms with Gasteiger partial charge in [-0.05, 0) is 77.4 Å². The lowest BCUT2D eigenvalue weighted by molar-refractivity contribution is -0.144. The number of aliphatic hydroxyl groups excluding tert-OH is 1. The maximum Gasteiger partial charge on any atom is 0.246 e. The van der Waals surface area contributed by atoms with E-state index in [-0.39, 0.29) is 79.1 Å². The summed E-state index contributed by atoms with van der Waals surface area (Å²) < 4.78 is 33.1. The minimum atomic E-state index is -0.994. The lowest BCUT2D eigenvalue weighted by Crippen LogP contribution is -2.58. The zero-order chi connectivity index (χ0) is 54.1. The summed E-state index contributed by atoms with van der Waals surface area (Å²) in [5.74, 6) is -1.60. The number of aliphatic hydroxyl groups is 1. The fourth-order valence-electron chi connectivity index (χ4n) is 9.52. The summed E-state index contributed by atoms with van der Waals surface area (Å²) in [6.45, 7) is 12.0. The first-order valence-corrected chi connectivity index (χ1v) is 26.6. The zero-order valence-corrected chi connectivity index (χ0v) is 44.8. The van der Waals surface area contributed by atoms with Crippen molar-refractivity contribution in [1.82, 2.24) is 35.4 Å². The Bertz CT molecular complexity index is 3070. The molecule has 0 aliphatic carbocycles. The van der Waals surface area contributed by atoms with Gasteiger partial charge in [0.2, 0.25) is 23.6 Å². The van der Waals surface area contributed by atoms with Crippen LogP contribution in [0.15, 0.2) is 90.7 Å². The molecule has 0 saturated carbocycles. The maximum absolute atomic E-state index is 16.3. The number of aromatic hydroxyl groups is 1. The third kappa shape index (κ3) is 13.3. The van der Waals surface area contributed by atoms with E-state index in [1.165, 1.54) is 23.4 Å². The number of carbonyl (C=O) groups excluding carboxylic acids is 4. The fourth-order valence-corrected chi connectivity index (χ4v) is 10.6. The number of likely N-dealkylation sites (tertiary alicyclic amines) is 1. The van der Waals surface area contributed by atoms with Crippen LogP contribution in [0.3, 0.4) is 0 Å². The summed E-state index contributed by atoms with van der Waals surface area (Å²) in [4.78, 5) is 73.0. The molecule has 4 atom stereocenters. The molecule has 402 valence electrons. The van der Waals surface area contributed by atoms with Crippen molar-refractivity contribution in [1.29, 1.82) is 0 Å². The van der Waals surface area contributed by atoms with E-state index in [0.717, 1.165) is 32.5 Å². The molecule has 2 aromatic heterocycles. The fraction of sp³-hybridized carbons (Fsp3) is 0.411. The van der Waals surface area contributed by atoms with Crippen LogP contribution in [0, 0.1) is 18.2 Å². The number of nitrogens with one attached hydrogen (secondary N) is 2.